The molecule has 0 saturated carbocycles. The van der Waals surface area contributed by atoms with Crippen molar-refractivity contribution in [2.24, 2.45) is 5.10 Å². The third kappa shape index (κ3) is 2.20. The Morgan fingerprint density at radius 1 is 1.12 bits per heavy atom. The maximum absolute atomic E-state index is 13.3. The van der Waals surface area contributed by atoms with Crippen molar-refractivity contribution < 1.29 is 8.78 Å². The number of aromatic nitrogens is 3. The second-order valence-corrected chi connectivity index (χ2v) is 3.49. The summed E-state index contributed by atoms with van der Waals surface area (Å²) < 4.78 is 28.0. The predicted molar refractivity (Wildman–Crippen MR) is 58.8 cm³/mol. The van der Waals surface area contributed by atoms with E-state index < -0.39 is 11.6 Å². The van der Waals surface area contributed by atoms with Gasteiger partial charge in [-0.3, -0.25) is 0 Å². The summed E-state index contributed by atoms with van der Waals surface area (Å²) in [6.07, 6.45) is 1.12. The minimum Gasteiger partial charge on any atom is -0.206 e. The Morgan fingerprint density at radius 3 is 2.18 bits per heavy atom. The van der Waals surface area contributed by atoms with E-state index in [0.29, 0.717) is 11.6 Å². The Hall–Kier alpha value is -2.11. The molecule has 0 aliphatic rings. The highest BCUT2D eigenvalue weighted by atomic mass is 19.1. The molecule has 1 aromatic heterocycles. The van der Waals surface area contributed by atoms with Gasteiger partial charge in [-0.25, -0.2) is 13.5 Å². The van der Waals surface area contributed by atoms with Gasteiger partial charge in [0.25, 0.3) is 0 Å². The van der Waals surface area contributed by atoms with Gasteiger partial charge in [-0.15, -0.1) is 10.2 Å². The Balaban J connectivity index is 2.39. The molecule has 88 valence electrons. The molecule has 0 spiro atoms. The summed E-state index contributed by atoms with van der Waals surface area (Å²) in [7, 11) is 0. The molecule has 4 nitrogen and oxygen atoms in total. The van der Waals surface area contributed by atoms with Crippen molar-refractivity contribution in [1.29, 1.82) is 0 Å². The zero-order chi connectivity index (χ0) is 12.4. The molecule has 0 aliphatic carbocycles. The molecule has 2 aromatic rings. The summed E-state index contributed by atoms with van der Waals surface area (Å²) in [5.74, 6) is -0.208. The molecular weight excluding hydrogens is 226 g/mol. The van der Waals surface area contributed by atoms with E-state index in [2.05, 4.69) is 15.3 Å². The van der Waals surface area contributed by atoms with E-state index in [-0.39, 0.29) is 5.56 Å². The maximum atomic E-state index is 13.3. The molecule has 0 radical (unpaired) electrons. The Kier molecular flexibility index (Phi) is 2.95. The molecule has 1 aromatic carbocycles. The first-order chi connectivity index (χ1) is 8.09. The fourth-order valence-corrected chi connectivity index (χ4v) is 1.38. The second kappa shape index (κ2) is 4.40. The van der Waals surface area contributed by atoms with Gasteiger partial charge < -0.3 is 0 Å². The first kappa shape index (κ1) is 11.4. The second-order valence-electron chi connectivity index (χ2n) is 3.49. The number of hydrogen-bond donors (Lipinski definition) is 0. The van der Waals surface area contributed by atoms with Crippen LogP contribution in [0.15, 0.2) is 23.3 Å². The SMILES string of the molecule is Cc1nnc(C)n1/N=C\c1c(F)cccc1F. The van der Waals surface area contributed by atoms with Crippen LogP contribution in [0.2, 0.25) is 0 Å². The average molecular weight is 236 g/mol. The molecular formula is C11H10F2N4. The normalized spacial score (nSPS) is 11.3. The Bertz CT molecular complexity index is 535. The van der Waals surface area contributed by atoms with E-state index >= 15 is 0 Å². The van der Waals surface area contributed by atoms with Crippen LogP contribution >= 0.6 is 0 Å². The van der Waals surface area contributed by atoms with E-state index in [1.54, 1.807) is 13.8 Å². The Morgan fingerprint density at radius 2 is 1.65 bits per heavy atom. The zero-order valence-electron chi connectivity index (χ0n) is 9.35. The smallest absolute Gasteiger partial charge is 0.151 e. The monoisotopic (exact) mass is 236 g/mol. The van der Waals surface area contributed by atoms with E-state index in [9.17, 15) is 8.78 Å². The van der Waals surface area contributed by atoms with Crippen LogP contribution in [-0.2, 0) is 0 Å². The van der Waals surface area contributed by atoms with Gasteiger partial charge in [-0.1, -0.05) is 6.07 Å². The standard InChI is InChI=1S/C11H10F2N4/c1-7-15-16-8(2)17(7)14-6-9-10(12)4-3-5-11(9)13/h3-6H,1-2H3/b14-6-. The summed E-state index contributed by atoms with van der Waals surface area (Å²) in [6, 6.07) is 3.66. The fourth-order valence-electron chi connectivity index (χ4n) is 1.38. The summed E-state index contributed by atoms with van der Waals surface area (Å²) in [5, 5.41) is 11.5. The van der Waals surface area contributed by atoms with Gasteiger partial charge in [0, 0.05) is 0 Å². The summed E-state index contributed by atoms with van der Waals surface area (Å²) >= 11 is 0. The first-order valence-electron chi connectivity index (χ1n) is 4.96. The number of benzene rings is 1. The van der Waals surface area contributed by atoms with Gasteiger partial charge in [0.05, 0.1) is 11.8 Å². The lowest BCUT2D eigenvalue weighted by Crippen LogP contribution is -1.99. The van der Waals surface area contributed by atoms with Crippen LogP contribution in [0.4, 0.5) is 8.78 Å². The lowest BCUT2D eigenvalue weighted by atomic mass is 10.2. The molecule has 6 heteroatoms. The number of hydrogen-bond acceptors (Lipinski definition) is 3. The van der Waals surface area contributed by atoms with Crippen molar-refractivity contribution in [2.75, 3.05) is 0 Å². The van der Waals surface area contributed by atoms with Crippen molar-refractivity contribution in [3.63, 3.8) is 0 Å². The van der Waals surface area contributed by atoms with Crippen molar-refractivity contribution in [1.82, 2.24) is 14.9 Å². The fraction of sp³-hybridized carbons (Fsp3) is 0.182. The molecule has 1 heterocycles. The van der Waals surface area contributed by atoms with Gasteiger partial charge in [0.1, 0.15) is 11.6 Å². The van der Waals surface area contributed by atoms with Crippen LogP contribution in [0, 0.1) is 25.5 Å². The number of nitrogens with zero attached hydrogens (tertiary/aromatic N) is 4. The molecule has 0 N–H and O–H groups in total. The maximum Gasteiger partial charge on any atom is 0.151 e. The molecule has 0 saturated heterocycles. The van der Waals surface area contributed by atoms with Crippen LogP contribution < -0.4 is 0 Å². The van der Waals surface area contributed by atoms with Gasteiger partial charge >= 0.3 is 0 Å². The lowest BCUT2D eigenvalue weighted by Gasteiger charge is -1.99. The molecule has 0 fully saturated rings. The third-order valence-electron chi connectivity index (χ3n) is 2.25. The van der Waals surface area contributed by atoms with Crippen molar-refractivity contribution in [2.45, 2.75) is 13.8 Å². The van der Waals surface area contributed by atoms with E-state index in [4.69, 9.17) is 0 Å². The van der Waals surface area contributed by atoms with Gasteiger partial charge in [-0.2, -0.15) is 5.10 Å². The quantitative estimate of drug-likeness (QED) is 0.749. The zero-order valence-corrected chi connectivity index (χ0v) is 9.35. The highest BCUT2D eigenvalue weighted by Crippen LogP contribution is 2.09. The van der Waals surface area contributed by atoms with Gasteiger partial charge in [-0.05, 0) is 26.0 Å². The average Bonchev–Trinajstić information content (AvgIpc) is 2.59. The minimum atomic E-state index is -0.655. The number of aryl methyl sites for hydroxylation is 2. The van der Waals surface area contributed by atoms with E-state index in [1.165, 1.54) is 22.9 Å². The highest BCUT2D eigenvalue weighted by Gasteiger charge is 2.06. The third-order valence-corrected chi connectivity index (χ3v) is 2.25. The molecule has 17 heavy (non-hydrogen) atoms. The molecule has 0 bridgehead atoms. The minimum absolute atomic E-state index is 0.181. The van der Waals surface area contributed by atoms with Crippen molar-refractivity contribution >= 4 is 6.21 Å². The topological polar surface area (TPSA) is 43.1 Å². The Labute approximate surface area is 96.6 Å². The van der Waals surface area contributed by atoms with E-state index in [1.807, 2.05) is 0 Å². The first-order valence-corrected chi connectivity index (χ1v) is 4.96. The summed E-state index contributed by atoms with van der Waals surface area (Å²) in [6.45, 7) is 3.41. The summed E-state index contributed by atoms with van der Waals surface area (Å²) in [4.78, 5) is 0. The van der Waals surface area contributed by atoms with Crippen LogP contribution in [-0.4, -0.2) is 21.1 Å². The number of rotatable bonds is 2. The molecule has 0 amide bonds. The largest absolute Gasteiger partial charge is 0.206 e. The number of halogens is 2. The van der Waals surface area contributed by atoms with Crippen LogP contribution in [0.25, 0.3) is 0 Å². The van der Waals surface area contributed by atoms with Gasteiger partial charge in [0.15, 0.2) is 11.6 Å². The van der Waals surface area contributed by atoms with Gasteiger partial charge in [0.2, 0.25) is 0 Å². The molecule has 2 rings (SSSR count). The van der Waals surface area contributed by atoms with Crippen LogP contribution in [0.3, 0.4) is 0 Å². The predicted octanol–water partition coefficient (Wildman–Crippen LogP) is 2.06. The van der Waals surface area contributed by atoms with Crippen LogP contribution in [0.5, 0.6) is 0 Å². The molecule has 0 aliphatic heterocycles. The van der Waals surface area contributed by atoms with Crippen molar-refractivity contribution in [3.05, 3.63) is 47.0 Å². The van der Waals surface area contributed by atoms with E-state index in [0.717, 1.165) is 6.21 Å². The summed E-state index contributed by atoms with van der Waals surface area (Å²) in [5.41, 5.74) is -0.181. The van der Waals surface area contributed by atoms with Crippen molar-refractivity contribution in [3.8, 4) is 0 Å². The lowest BCUT2D eigenvalue weighted by molar-refractivity contribution is 0.579. The van der Waals surface area contributed by atoms with Crippen LogP contribution in [0.1, 0.15) is 17.2 Å². The highest BCUT2D eigenvalue weighted by molar-refractivity contribution is 5.80. The molecule has 0 atom stereocenters. The molecule has 0 unspecified atom stereocenters.